The maximum atomic E-state index is 2.69. The molecule has 2 bridgehead atoms. The Labute approximate surface area is 93.5 Å². The van der Waals surface area contributed by atoms with Gasteiger partial charge in [-0.15, -0.1) is 0 Å². The van der Waals surface area contributed by atoms with E-state index in [1.54, 1.807) is 11.3 Å². The van der Waals surface area contributed by atoms with Gasteiger partial charge in [-0.25, -0.2) is 0 Å². The van der Waals surface area contributed by atoms with Crippen LogP contribution in [0.25, 0.3) is 0 Å². The smallest absolute Gasteiger partial charge is 0.0175 e. The van der Waals surface area contributed by atoms with Crippen LogP contribution in [0.4, 0.5) is 0 Å². The van der Waals surface area contributed by atoms with Crippen LogP contribution in [0.5, 0.6) is 0 Å². The molecule has 1 nitrogen and oxygen atoms in total. The molecule has 0 radical (unpaired) electrons. The second kappa shape index (κ2) is 3.02. The van der Waals surface area contributed by atoms with E-state index in [0.29, 0.717) is 5.41 Å². The molecule has 4 rings (SSSR count). The molecule has 2 unspecified atom stereocenters. The summed E-state index contributed by atoms with van der Waals surface area (Å²) in [5, 5.41) is 0. The Bertz CT molecular complexity index is 307. The molecular weight excluding hydrogens is 182 g/mol. The number of hydrogen-bond acceptors (Lipinski definition) is 1. The summed E-state index contributed by atoms with van der Waals surface area (Å²) in [4.78, 5) is 2.69. The Balaban J connectivity index is 1.92. The van der Waals surface area contributed by atoms with E-state index >= 15 is 0 Å². The van der Waals surface area contributed by atoms with Crippen molar-refractivity contribution in [2.24, 2.45) is 17.3 Å². The Hall–Kier alpha value is -0.460. The molecule has 1 heteroatoms. The Morgan fingerprint density at radius 3 is 2.47 bits per heavy atom. The van der Waals surface area contributed by atoms with Crippen LogP contribution < -0.4 is 0 Å². The summed E-state index contributed by atoms with van der Waals surface area (Å²) in [6.45, 7) is 9.98. The molecule has 2 atom stereocenters. The van der Waals surface area contributed by atoms with E-state index < -0.39 is 0 Å². The lowest BCUT2D eigenvalue weighted by Gasteiger charge is -2.59. The van der Waals surface area contributed by atoms with Gasteiger partial charge in [-0.3, -0.25) is 0 Å². The predicted octanol–water partition coefficient (Wildman–Crippen LogP) is 3.42. The van der Waals surface area contributed by atoms with E-state index in [9.17, 15) is 0 Å². The number of fused-ring (bicyclic) bond motifs is 1. The first-order valence-electron chi connectivity index (χ1n) is 6.55. The molecule has 0 aromatic heterocycles. The molecule has 84 valence electrons. The first-order chi connectivity index (χ1) is 7.10. The van der Waals surface area contributed by atoms with Crippen LogP contribution in [0.15, 0.2) is 11.3 Å². The first-order valence-corrected chi connectivity index (χ1v) is 6.55. The van der Waals surface area contributed by atoms with Crippen molar-refractivity contribution in [2.45, 2.75) is 46.5 Å². The highest BCUT2D eigenvalue weighted by atomic mass is 15.2. The zero-order chi connectivity index (χ0) is 10.6. The van der Waals surface area contributed by atoms with Crippen LogP contribution in [-0.4, -0.2) is 18.0 Å². The Morgan fingerprint density at radius 1 is 1.20 bits per heavy atom. The summed E-state index contributed by atoms with van der Waals surface area (Å²) in [5.41, 5.74) is 4.05. The lowest BCUT2D eigenvalue weighted by atomic mass is 9.48. The van der Waals surface area contributed by atoms with E-state index in [1.807, 2.05) is 0 Å². The van der Waals surface area contributed by atoms with Crippen molar-refractivity contribution in [1.29, 1.82) is 0 Å². The van der Waals surface area contributed by atoms with E-state index in [2.05, 4.69) is 25.7 Å². The fraction of sp³-hybridized carbons (Fsp3) is 0.857. The minimum atomic E-state index is 0.595. The molecule has 0 spiro atoms. The fourth-order valence-corrected chi connectivity index (χ4v) is 4.05. The molecule has 1 saturated heterocycles. The van der Waals surface area contributed by atoms with Gasteiger partial charge < -0.3 is 4.90 Å². The number of nitrogens with zero attached hydrogens (tertiary/aromatic N) is 1. The number of rotatable bonds is 1. The van der Waals surface area contributed by atoms with Gasteiger partial charge in [-0.2, -0.15) is 0 Å². The van der Waals surface area contributed by atoms with Gasteiger partial charge in [-0.1, -0.05) is 19.4 Å². The molecule has 0 aromatic rings. The third kappa shape index (κ3) is 1.21. The fourth-order valence-electron chi connectivity index (χ4n) is 4.05. The second-order valence-electron chi connectivity index (χ2n) is 6.37. The molecule has 2 fully saturated rings. The minimum Gasteiger partial charge on any atom is -0.375 e. The lowest BCUT2D eigenvalue weighted by Crippen LogP contribution is -2.52. The molecule has 3 aliphatic carbocycles. The Kier molecular flexibility index (Phi) is 1.96. The third-order valence-electron chi connectivity index (χ3n) is 5.24. The van der Waals surface area contributed by atoms with Gasteiger partial charge in [0.1, 0.15) is 0 Å². The zero-order valence-corrected chi connectivity index (χ0v) is 10.3. The van der Waals surface area contributed by atoms with E-state index in [1.165, 1.54) is 38.8 Å². The highest BCUT2D eigenvalue weighted by Gasteiger charge is 2.53. The monoisotopic (exact) mass is 205 g/mol. The summed E-state index contributed by atoms with van der Waals surface area (Å²) in [7, 11) is 0. The average Bonchev–Trinajstić information content (AvgIpc) is 2.70. The number of allylic oxidation sites excluding steroid dienone is 2. The van der Waals surface area contributed by atoms with Crippen molar-refractivity contribution in [3.8, 4) is 0 Å². The van der Waals surface area contributed by atoms with E-state index in [-0.39, 0.29) is 0 Å². The van der Waals surface area contributed by atoms with E-state index in [4.69, 9.17) is 0 Å². The summed E-state index contributed by atoms with van der Waals surface area (Å²) in [6, 6.07) is 0. The van der Waals surface area contributed by atoms with E-state index in [0.717, 1.165) is 11.8 Å². The third-order valence-corrected chi connectivity index (χ3v) is 5.24. The van der Waals surface area contributed by atoms with Crippen LogP contribution >= 0.6 is 0 Å². The topological polar surface area (TPSA) is 3.24 Å². The largest absolute Gasteiger partial charge is 0.375 e. The number of hydrogen-bond donors (Lipinski definition) is 0. The van der Waals surface area contributed by atoms with Crippen molar-refractivity contribution in [3.63, 3.8) is 0 Å². The molecule has 4 aliphatic rings. The Morgan fingerprint density at radius 2 is 1.87 bits per heavy atom. The summed E-state index contributed by atoms with van der Waals surface area (Å²) in [5.74, 6) is 1.86. The summed E-state index contributed by atoms with van der Waals surface area (Å²) >= 11 is 0. The maximum absolute atomic E-state index is 2.69. The van der Waals surface area contributed by atoms with Gasteiger partial charge in [0.25, 0.3) is 0 Å². The van der Waals surface area contributed by atoms with Crippen LogP contribution in [-0.2, 0) is 0 Å². The van der Waals surface area contributed by atoms with Gasteiger partial charge in [0.05, 0.1) is 0 Å². The van der Waals surface area contributed by atoms with Gasteiger partial charge >= 0.3 is 0 Å². The van der Waals surface area contributed by atoms with Crippen LogP contribution in [0.2, 0.25) is 0 Å². The summed E-state index contributed by atoms with van der Waals surface area (Å²) < 4.78 is 0. The maximum Gasteiger partial charge on any atom is 0.0175 e. The standard InChI is InChI=1S/C14H23N/c1-10-8-11-9-12(14(11,2)3)13(10)15-6-4-5-7-15/h11-12H,4-9H2,1-3H3. The van der Waals surface area contributed by atoms with Gasteiger partial charge in [0, 0.05) is 24.7 Å². The van der Waals surface area contributed by atoms with Crippen LogP contribution in [0, 0.1) is 17.3 Å². The molecule has 0 N–H and O–H groups in total. The average molecular weight is 205 g/mol. The van der Waals surface area contributed by atoms with Crippen LogP contribution in [0.1, 0.15) is 46.5 Å². The highest BCUT2D eigenvalue weighted by Crippen LogP contribution is 2.61. The zero-order valence-electron chi connectivity index (χ0n) is 10.3. The SMILES string of the molecule is CC1=C(N2CCCC2)C2CC(C1)C2(C)C. The van der Waals surface area contributed by atoms with Crippen LogP contribution in [0.3, 0.4) is 0 Å². The first kappa shape index (κ1) is 9.74. The molecule has 1 heterocycles. The second-order valence-corrected chi connectivity index (χ2v) is 6.37. The van der Waals surface area contributed by atoms with Crippen molar-refractivity contribution in [3.05, 3.63) is 11.3 Å². The number of likely N-dealkylation sites (tertiary alicyclic amines) is 1. The molecule has 0 aromatic carbocycles. The lowest BCUT2D eigenvalue weighted by molar-refractivity contribution is -0.0276. The van der Waals surface area contributed by atoms with Gasteiger partial charge in [0.15, 0.2) is 0 Å². The van der Waals surface area contributed by atoms with Crippen molar-refractivity contribution in [2.75, 3.05) is 13.1 Å². The molecule has 1 aliphatic heterocycles. The predicted molar refractivity (Wildman–Crippen MR) is 63.5 cm³/mol. The summed E-state index contributed by atoms with van der Waals surface area (Å²) in [6.07, 6.45) is 5.66. The molecule has 1 saturated carbocycles. The van der Waals surface area contributed by atoms with Crippen molar-refractivity contribution >= 4 is 0 Å². The quantitative estimate of drug-likeness (QED) is 0.634. The highest BCUT2D eigenvalue weighted by molar-refractivity contribution is 5.28. The van der Waals surface area contributed by atoms with Gasteiger partial charge in [0.2, 0.25) is 0 Å². The van der Waals surface area contributed by atoms with Crippen molar-refractivity contribution < 1.29 is 0 Å². The minimum absolute atomic E-state index is 0.595. The molecule has 0 amide bonds. The normalized spacial score (nSPS) is 38.2. The molecule has 15 heavy (non-hydrogen) atoms. The van der Waals surface area contributed by atoms with Crippen molar-refractivity contribution in [1.82, 2.24) is 4.90 Å². The van der Waals surface area contributed by atoms with Gasteiger partial charge in [-0.05, 0) is 43.9 Å². The molecular formula is C14H23N.